The van der Waals surface area contributed by atoms with Crippen molar-refractivity contribution in [1.82, 2.24) is 0 Å². The lowest BCUT2D eigenvalue weighted by molar-refractivity contribution is -0.150. The quantitative estimate of drug-likeness (QED) is 0.568. The lowest BCUT2D eigenvalue weighted by atomic mass is 10.2. The number of thioether (sulfide) groups is 1. The summed E-state index contributed by atoms with van der Waals surface area (Å²) in [6, 6.07) is 1.49. The molecule has 1 heterocycles. The van der Waals surface area contributed by atoms with Crippen molar-refractivity contribution in [1.29, 1.82) is 0 Å². The number of benzene rings is 1. The first kappa shape index (κ1) is 20.6. The molecule has 1 aliphatic heterocycles. The maximum Gasteiger partial charge on any atom is 0.316 e. The molecule has 0 unspecified atom stereocenters. The fraction of sp³-hybridized carbons (Fsp3) is 0.467. The Morgan fingerprint density at radius 2 is 2.00 bits per heavy atom. The minimum atomic E-state index is -3.06. The van der Waals surface area contributed by atoms with Crippen molar-refractivity contribution in [3.05, 3.63) is 29.6 Å². The molecule has 6 nitrogen and oxygen atoms in total. The molecule has 11 heteroatoms. The van der Waals surface area contributed by atoms with Gasteiger partial charge in [-0.2, -0.15) is 0 Å². The van der Waals surface area contributed by atoms with E-state index in [-0.39, 0.29) is 22.5 Å². The van der Waals surface area contributed by atoms with Crippen LogP contribution in [-0.2, 0) is 24.2 Å². The highest BCUT2D eigenvalue weighted by molar-refractivity contribution is 8.02. The number of hydrogen-bond acceptors (Lipinski definition) is 6. The van der Waals surface area contributed by atoms with Crippen LogP contribution in [0.1, 0.15) is 13.3 Å². The molecule has 1 N–H and O–H groups in total. The van der Waals surface area contributed by atoms with Crippen molar-refractivity contribution in [2.24, 2.45) is 0 Å². The number of amides is 1. The highest BCUT2D eigenvalue weighted by atomic mass is 32.2. The van der Waals surface area contributed by atoms with Crippen molar-refractivity contribution in [3.63, 3.8) is 0 Å². The van der Waals surface area contributed by atoms with Crippen molar-refractivity contribution >= 4 is 39.2 Å². The third kappa shape index (κ3) is 5.37. The average Bonchev–Trinajstić information content (AvgIpc) is 2.92. The standard InChI is InChI=1S/C15H16F3NO5S2/c1-8(15(21)19-11-3-2-10(16)13(17)14(11)18)24-12(20)6-25-9-4-5-26(22,23)7-9/h2-3,8-9H,4-7H2,1H3,(H,19,21)/t8-,9-/m0/s1. The van der Waals surface area contributed by atoms with Gasteiger partial charge in [-0.3, -0.25) is 9.59 Å². The largest absolute Gasteiger partial charge is 0.452 e. The Balaban J connectivity index is 1.83. The molecule has 1 aromatic carbocycles. The summed E-state index contributed by atoms with van der Waals surface area (Å²) in [6.07, 6.45) is -0.853. The Bertz CT molecular complexity index is 816. The van der Waals surface area contributed by atoms with Crippen molar-refractivity contribution in [2.45, 2.75) is 24.7 Å². The summed E-state index contributed by atoms with van der Waals surface area (Å²) < 4.78 is 67.0. The molecule has 1 aromatic rings. The fourth-order valence-corrected chi connectivity index (χ4v) is 5.64. The smallest absolute Gasteiger partial charge is 0.316 e. The van der Waals surface area contributed by atoms with Crippen LogP contribution in [0.15, 0.2) is 12.1 Å². The Morgan fingerprint density at radius 1 is 1.31 bits per heavy atom. The lowest BCUT2D eigenvalue weighted by Crippen LogP contribution is -2.31. The summed E-state index contributed by atoms with van der Waals surface area (Å²) in [5.74, 6) is -6.41. The van der Waals surface area contributed by atoms with Crippen LogP contribution in [0.2, 0.25) is 0 Å². The number of hydrogen-bond donors (Lipinski definition) is 1. The molecule has 0 aromatic heterocycles. The third-order valence-electron chi connectivity index (χ3n) is 3.60. The van der Waals surface area contributed by atoms with Crippen LogP contribution in [0.5, 0.6) is 0 Å². The van der Waals surface area contributed by atoms with Gasteiger partial charge in [0.25, 0.3) is 5.91 Å². The summed E-state index contributed by atoms with van der Waals surface area (Å²) in [7, 11) is -3.06. The summed E-state index contributed by atoms with van der Waals surface area (Å²) in [4.78, 5) is 23.6. The molecule has 1 amide bonds. The maximum absolute atomic E-state index is 13.5. The predicted octanol–water partition coefficient (Wildman–Crippen LogP) is 1.89. The number of sulfone groups is 1. The van der Waals surface area contributed by atoms with Crippen LogP contribution in [0.25, 0.3) is 0 Å². The Kier molecular flexibility index (Phi) is 6.56. The highest BCUT2D eigenvalue weighted by Crippen LogP contribution is 2.24. The molecular weight excluding hydrogens is 395 g/mol. The lowest BCUT2D eigenvalue weighted by Gasteiger charge is -2.14. The maximum atomic E-state index is 13.5. The molecule has 1 fully saturated rings. The van der Waals surface area contributed by atoms with Crippen molar-refractivity contribution in [3.8, 4) is 0 Å². The Morgan fingerprint density at radius 3 is 2.62 bits per heavy atom. The van der Waals surface area contributed by atoms with E-state index >= 15 is 0 Å². The van der Waals surface area contributed by atoms with E-state index in [2.05, 4.69) is 0 Å². The van der Waals surface area contributed by atoms with E-state index in [1.165, 1.54) is 6.92 Å². The van der Waals surface area contributed by atoms with Gasteiger partial charge in [-0.25, -0.2) is 21.6 Å². The van der Waals surface area contributed by atoms with Gasteiger partial charge in [-0.15, -0.1) is 11.8 Å². The van der Waals surface area contributed by atoms with E-state index in [1.54, 1.807) is 0 Å². The van der Waals surface area contributed by atoms with Crippen LogP contribution in [0.4, 0.5) is 18.9 Å². The Labute approximate surface area is 152 Å². The van der Waals surface area contributed by atoms with E-state index in [0.29, 0.717) is 12.5 Å². The van der Waals surface area contributed by atoms with Crippen LogP contribution in [-0.4, -0.2) is 48.9 Å². The first-order valence-electron chi connectivity index (χ1n) is 7.55. The minimum Gasteiger partial charge on any atom is -0.452 e. The molecule has 26 heavy (non-hydrogen) atoms. The molecule has 0 saturated carbocycles. The molecule has 0 spiro atoms. The van der Waals surface area contributed by atoms with Gasteiger partial charge in [-0.05, 0) is 25.5 Å². The zero-order chi connectivity index (χ0) is 19.5. The first-order valence-corrected chi connectivity index (χ1v) is 10.4. The van der Waals surface area contributed by atoms with Gasteiger partial charge in [0.2, 0.25) is 0 Å². The summed E-state index contributed by atoms with van der Waals surface area (Å²) in [5, 5.41) is 1.81. The molecule has 144 valence electrons. The van der Waals surface area contributed by atoms with Crippen LogP contribution < -0.4 is 5.32 Å². The molecule has 1 aliphatic rings. The summed E-state index contributed by atoms with van der Waals surface area (Å²) in [5.41, 5.74) is -0.581. The van der Waals surface area contributed by atoms with Gasteiger partial charge in [0.05, 0.1) is 22.9 Å². The number of esters is 1. The second kappa shape index (κ2) is 8.30. The fourth-order valence-electron chi connectivity index (χ4n) is 2.22. The topological polar surface area (TPSA) is 89.5 Å². The van der Waals surface area contributed by atoms with Gasteiger partial charge in [-0.1, -0.05) is 0 Å². The van der Waals surface area contributed by atoms with Crippen molar-refractivity contribution < 1.29 is 35.9 Å². The molecule has 2 atom stereocenters. The molecule has 0 bridgehead atoms. The van der Waals surface area contributed by atoms with E-state index < -0.39 is 51.0 Å². The molecule has 1 saturated heterocycles. The van der Waals surface area contributed by atoms with Crippen LogP contribution in [0.3, 0.4) is 0 Å². The number of carbonyl (C=O) groups is 2. The second-order valence-electron chi connectivity index (χ2n) is 5.68. The number of carbonyl (C=O) groups excluding carboxylic acids is 2. The third-order valence-corrected chi connectivity index (χ3v) is 6.85. The van der Waals surface area contributed by atoms with E-state index in [1.807, 2.05) is 5.32 Å². The van der Waals surface area contributed by atoms with Crippen molar-refractivity contribution in [2.75, 3.05) is 22.6 Å². The SMILES string of the molecule is C[C@H](OC(=O)CS[C@H]1CCS(=O)(=O)C1)C(=O)Nc1ccc(F)c(F)c1F. The molecule has 0 aliphatic carbocycles. The zero-order valence-electron chi connectivity index (χ0n) is 13.6. The number of rotatable bonds is 6. The average molecular weight is 411 g/mol. The minimum absolute atomic E-state index is 0.00358. The molecular formula is C15H16F3NO5S2. The monoisotopic (exact) mass is 411 g/mol. The van der Waals surface area contributed by atoms with Gasteiger partial charge < -0.3 is 10.1 Å². The highest BCUT2D eigenvalue weighted by Gasteiger charge is 2.29. The van der Waals surface area contributed by atoms with E-state index in [9.17, 15) is 31.2 Å². The number of halogens is 3. The normalized spacial score (nSPS) is 19.8. The van der Waals surface area contributed by atoms with E-state index in [4.69, 9.17) is 4.74 Å². The van der Waals surface area contributed by atoms with Crippen LogP contribution >= 0.6 is 11.8 Å². The number of anilines is 1. The van der Waals surface area contributed by atoms with Gasteiger partial charge in [0.15, 0.2) is 33.4 Å². The number of nitrogens with one attached hydrogen (secondary N) is 1. The predicted molar refractivity (Wildman–Crippen MR) is 90.0 cm³/mol. The first-order chi connectivity index (χ1) is 12.1. The van der Waals surface area contributed by atoms with Gasteiger partial charge in [0, 0.05) is 5.25 Å². The van der Waals surface area contributed by atoms with Gasteiger partial charge >= 0.3 is 5.97 Å². The molecule has 0 radical (unpaired) electrons. The van der Waals surface area contributed by atoms with Gasteiger partial charge in [0.1, 0.15) is 0 Å². The van der Waals surface area contributed by atoms with Crippen LogP contribution in [0, 0.1) is 17.5 Å². The van der Waals surface area contributed by atoms with E-state index in [0.717, 1.165) is 17.8 Å². The second-order valence-corrected chi connectivity index (χ2v) is 9.20. The zero-order valence-corrected chi connectivity index (χ0v) is 15.3. The number of ether oxygens (including phenoxy) is 1. The Hall–Kier alpha value is -1.75. The molecule has 2 rings (SSSR count). The summed E-state index contributed by atoms with van der Waals surface area (Å²) >= 11 is 1.12. The summed E-state index contributed by atoms with van der Waals surface area (Å²) in [6.45, 7) is 1.23.